The molecule has 0 radical (unpaired) electrons. The summed E-state index contributed by atoms with van der Waals surface area (Å²) in [5.41, 5.74) is 4.77. The zero-order chi connectivity index (χ0) is 20.7. The minimum absolute atomic E-state index is 0.101. The van der Waals surface area contributed by atoms with Crippen LogP contribution in [0.1, 0.15) is 46.3 Å². The largest absolute Gasteiger partial charge is 0.338 e. The van der Waals surface area contributed by atoms with Crippen molar-refractivity contribution in [3.8, 4) is 5.69 Å². The van der Waals surface area contributed by atoms with E-state index in [2.05, 4.69) is 33.8 Å². The van der Waals surface area contributed by atoms with Gasteiger partial charge in [0.25, 0.3) is 5.91 Å². The van der Waals surface area contributed by atoms with Gasteiger partial charge in [-0.15, -0.1) is 10.2 Å². The van der Waals surface area contributed by atoms with Crippen molar-refractivity contribution < 1.29 is 4.79 Å². The SMILES string of the molecule is Cc1cc(C(=O)N2CCCC(c3nnc4ccccn34)C2)c(C)n1-c1ccccc1. The fourth-order valence-corrected chi connectivity index (χ4v) is 4.63. The first-order valence-electron chi connectivity index (χ1n) is 10.5. The Balaban J connectivity index is 1.43. The molecule has 1 unspecified atom stereocenters. The molecule has 1 aromatic carbocycles. The third kappa shape index (κ3) is 3.09. The maximum Gasteiger partial charge on any atom is 0.255 e. The number of carbonyl (C=O) groups is 1. The summed E-state index contributed by atoms with van der Waals surface area (Å²) in [4.78, 5) is 15.4. The monoisotopic (exact) mass is 399 g/mol. The van der Waals surface area contributed by atoms with Crippen molar-refractivity contribution in [2.75, 3.05) is 13.1 Å². The highest BCUT2D eigenvalue weighted by molar-refractivity contribution is 5.96. The molecule has 0 aliphatic carbocycles. The first-order valence-corrected chi connectivity index (χ1v) is 10.5. The summed E-state index contributed by atoms with van der Waals surface area (Å²) in [6, 6.07) is 18.1. The number of nitrogens with zero attached hydrogens (tertiary/aromatic N) is 5. The quantitative estimate of drug-likeness (QED) is 0.520. The highest BCUT2D eigenvalue weighted by Crippen LogP contribution is 2.29. The van der Waals surface area contributed by atoms with Crippen LogP contribution in [0.3, 0.4) is 0 Å². The van der Waals surface area contributed by atoms with E-state index in [-0.39, 0.29) is 11.8 Å². The predicted octanol–water partition coefficient (Wildman–Crippen LogP) is 4.16. The van der Waals surface area contributed by atoms with Crippen LogP contribution in [0.15, 0.2) is 60.8 Å². The van der Waals surface area contributed by atoms with Gasteiger partial charge >= 0.3 is 0 Å². The average Bonchev–Trinajstić information content (AvgIpc) is 3.34. The molecule has 6 heteroatoms. The van der Waals surface area contributed by atoms with Gasteiger partial charge in [-0.2, -0.15) is 0 Å². The van der Waals surface area contributed by atoms with Crippen molar-refractivity contribution in [3.63, 3.8) is 0 Å². The van der Waals surface area contributed by atoms with Crippen molar-refractivity contribution in [1.82, 2.24) is 24.1 Å². The minimum Gasteiger partial charge on any atom is -0.338 e. The Morgan fingerprint density at radius 2 is 1.83 bits per heavy atom. The molecule has 30 heavy (non-hydrogen) atoms. The van der Waals surface area contributed by atoms with E-state index in [1.807, 2.05) is 64.9 Å². The Kier molecular flexibility index (Phi) is 4.62. The number of para-hydroxylation sites is 1. The van der Waals surface area contributed by atoms with Crippen LogP contribution in [-0.4, -0.2) is 43.1 Å². The molecule has 4 heterocycles. The summed E-state index contributed by atoms with van der Waals surface area (Å²) in [5, 5.41) is 8.72. The molecule has 1 saturated heterocycles. The van der Waals surface area contributed by atoms with Gasteiger partial charge in [0.15, 0.2) is 5.65 Å². The summed E-state index contributed by atoms with van der Waals surface area (Å²) in [6.07, 6.45) is 3.98. The van der Waals surface area contributed by atoms with E-state index >= 15 is 0 Å². The van der Waals surface area contributed by atoms with Gasteiger partial charge in [0.05, 0.1) is 5.56 Å². The van der Waals surface area contributed by atoms with Gasteiger partial charge in [-0.1, -0.05) is 24.3 Å². The predicted molar refractivity (Wildman–Crippen MR) is 116 cm³/mol. The molecular weight excluding hydrogens is 374 g/mol. The summed E-state index contributed by atoms with van der Waals surface area (Å²) >= 11 is 0. The van der Waals surface area contributed by atoms with E-state index in [0.29, 0.717) is 6.54 Å². The van der Waals surface area contributed by atoms with Crippen LogP contribution in [0.25, 0.3) is 11.3 Å². The molecule has 6 nitrogen and oxygen atoms in total. The van der Waals surface area contributed by atoms with Gasteiger partial charge in [0.2, 0.25) is 0 Å². The Morgan fingerprint density at radius 1 is 1.03 bits per heavy atom. The molecule has 152 valence electrons. The van der Waals surface area contributed by atoms with E-state index in [1.165, 1.54) is 0 Å². The molecule has 1 atom stereocenters. The van der Waals surface area contributed by atoms with E-state index in [4.69, 9.17) is 0 Å². The molecule has 0 bridgehead atoms. The lowest BCUT2D eigenvalue weighted by Crippen LogP contribution is -2.39. The second-order valence-electron chi connectivity index (χ2n) is 8.03. The second kappa shape index (κ2) is 7.44. The molecule has 1 aliphatic rings. The summed E-state index contributed by atoms with van der Waals surface area (Å²) < 4.78 is 4.20. The number of hydrogen-bond acceptors (Lipinski definition) is 3. The third-order valence-electron chi connectivity index (χ3n) is 6.09. The van der Waals surface area contributed by atoms with E-state index in [0.717, 1.165) is 53.5 Å². The van der Waals surface area contributed by atoms with Crippen LogP contribution in [0.2, 0.25) is 0 Å². The highest BCUT2D eigenvalue weighted by atomic mass is 16.2. The summed E-state index contributed by atoms with van der Waals surface area (Å²) in [7, 11) is 0. The van der Waals surface area contributed by atoms with Crippen LogP contribution < -0.4 is 0 Å². The topological polar surface area (TPSA) is 55.4 Å². The van der Waals surface area contributed by atoms with Crippen LogP contribution >= 0.6 is 0 Å². The number of aryl methyl sites for hydroxylation is 1. The van der Waals surface area contributed by atoms with Gasteiger partial charge in [0.1, 0.15) is 5.82 Å². The Morgan fingerprint density at radius 3 is 2.67 bits per heavy atom. The van der Waals surface area contributed by atoms with Gasteiger partial charge in [0, 0.05) is 42.3 Å². The average molecular weight is 399 g/mol. The highest BCUT2D eigenvalue weighted by Gasteiger charge is 2.30. The van der Waals surface area contributed by atoms with Crippen LogP contribution in [-0.2, 0) is 0 Å². The van der Waals surface area contributed by atoms with E-state index in [1.54, 1.807) is 0 Å². The van der Waals surface area contributed by atoms with Crippen molar-refractivity contribution >= 4 is 11.6 Å². The van der Waals surface area contributed by atoms with E-state index < -0.39 is 0 Å². The molecule has 1 fully saturated rings. The molecule has 5 rings (SSSR count). The number of fused-ring (bicyclic) bond motifs is 1. The maximum absolute atomic E-state index is 13.5. The number of benzene rings is 1. The lowest BCUT2D eigenvalue weighted by molar-refractivity contribution is 0.0703. The summed E-state index contributed by atoms with van der Waals surface area (Å²) in [6.45, 7) is 5.53. The first kappa shape index (κ1) is 18.6. The summed E-state index contributed by atoms with van der Waals surface area (Å²) in [5.74, 6) is 1.24. The number of hydrogen-bond donors (Lipinski definition) is 0. The van der Waals surface area contributed by atoms with Crippen molar-refractivity contribution in [2.45, 2.75) is 32.6 Å². The molecule has 3 aromatic heterocycles. The lowest BCUT2D eigenvalue weighted by Gasteiger charge is -2.32. The van der Waals surface area contributed by atoms with Crippen LogP contribution in [0.4, 0.5) is 0 Å². The minimum atomic E-state index is 0.101. The fourth-order valence-electron chi connectivity index (χ4n) is 4.63. The first-order chi connectivity index (χ1) is 14.6. The Bertz CT molecular complexity index is 1210. The van der Waals surface area contributed by atoms with Gasteiger partial charge in [-0.05, 0) is 57.0 Å². The number of carbonyl (C=O) groups excluding carboxylic acids is 1. The molecule has 1 amide bonds. The number of rotatable bonds is 3. The molecule has 0 saturated carbocycles. The maximum atomic E-state index is 13.5. The molecule has 1 aliphatic heterocycles. The lowest BCUT2D eigenvalue weighted by atomic mass is 9.96. The third-order valence-corrected chi connectivity index (χ3v) is 6.09. The normalized spacial score (nSPS) is 16.9. The number of aromatic nitrogens is 4. The van der Waals surface area contributed by atoms with Crippen LogP contribution in [0, 0.1) is 13.8 Å². The number of amides is 1. The van der Waals surface area contributed by atoms with Gasteiger partial charge < -0.3 is 9.47 Å². The smallest absolute Gasteiger partial charge is 0.255 e. The van der Waals surface area contributed by atoms with Crippen molar-refractivity contribution in [3.05, 3.63) is 83.6 Å². The molecule has 0 spiro atoms. The molecule has 0 N–H and O–H groups in total. The van der Waals surface area contributed by atoms with E-state index in [9.17, 15) is 4.79 Å². The van der Waals surface area contributed by atoms with Crippen LogP contribution in [0.5, 0.6) is 0 Å². The second-order valence-corrected chi connectivity index (χ2v) is 8.03. The van der Waals surface area contributed by atoms with Crippen molar-refractivity contribution in [1.29, 1.82) is 0 Å². The molecular formula is C24H25N5O. The van der Waals surface area contributed by atoms with Crippen molar-refractivity contribution in [2.24, 2.45) is 0 Å². The van der Waals surface area contributed by atoms with Gasteiger partial charge in [-0.25, -0.2) is 0 Å². The molecule has 4 aromatic rings. The Hall–Kier alpha value is -3.41. The Labute approximate surface area is 175 Å². The number of likely N-dealkylation sites (tertiary alicyclic amines) is 1. The number of piperidine rings is 1. The zero-order valence-corrected chi connectivity index (χ0v) is 17.3. The zero-order valence-electron chi connectivity index (χ0n) is 17.3. The standard InChI is InChI=1S/C24H25N5O/c1-17-15-21(18(2)29(17)20-10-4-3-5-11-20)24(30)27-13-8-9-19(16-27)23-26-25-22-12-6-7-14-28(22)23/h3-7,10-12,14-15,19H,8-9,13,16H2,1-2H3. The fraction of sp³-hybridized carbons (Fsp3) is 0.292. The van der Waals surface area contributed by atoms with Gasteiger partial charge in [-0.3, -0.25) is 9.20 Å². The number of pyridine rings is 1.